The van der Waals surface area contributed by atoms with E-state index in [4.69, 9.17) is 27.9 Å². The van der Waals surface area contributed by atoms with Crippen LogP contribution in [0.2, 0.25) is 10.0 Å². The van der Waals surface area contributed by atoms with Crippen LogP contribution in [0.4, 0.5) is 0 Å². The van der Waals surface area contributed by atoms with Crippen molar-refractivity contribution in [3.63, 3.8) is 0 Å². The Hall–Kier alpha value is -1.79. The first-order valence-electron chi connectivity index (χ1n) is 7.53. The Morgan fingerprint density at radius 3 is 2.62 bits per heavy atom. The number of amides is 2. The summed E-state index contributed by atoms with van der Waals surface area (Å²) in [5.74, 6) is -1.26. The molecule has 2 N–H and O–H groups in total. The smallest absolute Gasteiger partial charge is 0.329 e. The van der Waals surface area contributed by atoms with Crippen LogP contribution in [0.5, 0.6) is 0 Å². The largest absolute Gasteiger partial charge is 0.451 e. The Morgan fingerprint density at radius 2 is 2.04 bits per heavy atom. The van der Waals surface area contributed by atoms with Gasteiger partial charge in [0.25, 0.3) is 5.91 Å². The second-order valence-corrected chi connectivity index (χ2v) is 6.48. The van der Waals surface area contributed by atoms with Gasteiger partial charge in [-0.15, -0.1) is 0 Å². The van der Waals surface area contributed by atoms with Crippen molar-refractivity contribution in [1.82, 2.24) is 10.6 Å². The number of rotatable bonds is 5. The highest BCUT2D eigenvalue weighted by Gasteiger charge is 2.31. The van der Waals surface area contributed by atoms with Gasteiger partial charge >= 0.3 is 5.97 Å². The standard InChI is InChI=1S/C16H18Cl2N2O4/c1-8(11-4-3-10(17)7-12(11)18)19-15(22)9(2)24-16(23)13-5-6-14(21)20-13/h3-4,7-9,13H,5-6H2,1-2H3,(H,19,22)(H,20,21)/t8-,9-,13-/m0/s1. The molecule has 1 aromatic carbocycles. The number of hydrogen-bond donors (Lipinski definition) is 2. The fourth-order valence-electron chi connectivity index (χ4n) is 2.36. The van der Waals surface area contributed by atoms with Crippen molar-refractivity contribution in [1.29, 1.82) is 0 Å². The Kier molecular flexibility index (Phi) is 6.07. The molecule has 130 valence electrons. The highest BCUT2D eigenvalue weighted by Crippen LogP contribution is 2.26. The molecule has 0 bridgehead atoms. The molecule has 1 aromatic rings. The number of esters is 1. The van der Waals surface area contributed by atoms with E-state index < -0.39 is 24.0 Å². The molecule has 1 fully saturated rings. The molecule has 24 heavy (non-hydrogen) atoms. The molecule has 0 radical (unpaired) electrons. The van der Waals surface area contributed by atoms with E-state index in [0.717, 1.165) is 0 Å². The maximum Gasteiger partial charge on any atom is 0.329 e. The number of ether oxygens (including phenoxy) is 1. The summed E-state index contributed by atoms with van der Waals surface area (Å²) in [5.41, 5.74) is 0.705. The maximum atomic E-state index is 12.2. The van der Waals surface area contributed by atoms with E-state index in [1.807, 2.05) is 0 Å². The zero-order valence-electron chi connectivity index (χ0n) is 13.3. The number of carbonyl (C=O) groups is 3. The average Bonchev–Trinajstić information content (AvgIpc) is 2.93. The van der Waals surface area contributed by atoms with Gasteiger partial charge in [0, 0.05) is 16.5 Å². The van der Waals surface area contributed by atoms with Crippen LogP contribution in [0.1, 0.15) is 38.3 Å². The molecule has 0 spiro atoms. The Balaban J connectivity index is 1.91. The van der Waals surface area contributed by atoms with Crippen LogP contribution in [0.15, 0.2) is 18.2 Å². The maximum absolute atomic E-state index is 12.2. The second kappa shape index (κ2) is 7.85. The third kappa shape index (κ3) is 4.61. The first-order valence-corrected chi connectivity index (χ1v) is 8.28. The monoisotopic (exact) mass is 372 g/mol. The average molecular weight is 373 g/mol. The molecule has 1 saturated heterocycles. The van der Waals surface area contributed by atoms with Gasteiger partial charge in [0.15, 0.2) is 6.10 Å². The van der Waals surface area contributed by atoms with Crippen molar-refractivity contribution in [2.45, 2.75) is 44.9 Å². The fourth-order valence-corrected chi connectivity index (χ4v) is 2.93. The summed E-state index contributed by atoms with van der Waals surface area (Å²) in [6.45, 7) is 3.24. The van der Waals surface area contributed by atoms with Crippen LogP contribution in [-0.4, -0.2) is 29.9 Å². The number of halogens is 2. The fraction of sp³-hybridized carbons (Fsp3) is 0.438. The predicted molar refractivity (Wildman–Crippen MR) is 89.7 cm³/mol. The molecule has 2 rings (SSSR count). The van der Waals surface area contributed by atoms with E-state index >= 15 is 0 Å². The number of benzene rings is 1. The second-order valence-electron chi connectivity index (χ2n) is 5.63. The molecular formula is C16H18Cl2N2O4. The minimum absolute atomic E-state index is 0.194. The topological polar surface area (TPSA) is 84.5 Å². The van der Waals surface area contributed by atoms with Crippen molar-refractivity contribution in [3.05, 3.63) is 33.8 Å². The van der Waals surface area contributed by atoms with Crippen molar-refractivity contribution in [2.75, 3.05) is 0 Å². The Labute approximate surface area is 149 Å². The van der Waals surface area contributed by atoms with Crippen LogP contribution in [-0.2, 0) is 19.1 Å². The lowest BCUT2D eigenvalue weighted by Gasteiger charge is -2.20. The quantitative estimate of drug-likeness (QED) is 0.777. The summed E-state index contributed by atoms with van der Waals surface area (Å²) in [6.07, 6.45) is -0.321. The van der Waals surface area contributed by atoms with E-state index in [1.165, 1.54) is 6.92 Å². The van der Waals surface area contributed by atoms with E-state index in [0.29, 0.717) is 22.0 Å². The lowest BCUT2D eigenvalue weighted by molar-refractivity contribution is -0.157. The van der Waals surface area contributed by atoms with E-state index in [-0.39, 0.29) is 18.4 Å². The zero-order chi connectivity index (χ0) is 17.9. The van der Waals surface area contributed by atoms with Crippen LogP contribution in [0.3, 0.4) is 0 Å². The van der Waals surface area contributed by atoms with Gasteiger partial charge in [-0.25, -0.2) is 4.79 Å². The molecule has 3 atom stereocenters. The molecule has 1 heterocycles. The van der Waals surface area contributed by atoms with E-state index in [1.54, 1.807) is 25.1 Å². The number of hydrogen-bond acceptors (Lipinski definition) is 4. The minimum Gasteiger partial charge on any atom is -0.451 e. The molecule has 0 saturated carbocycles. The van der Waals surface area contributed by atoms with E-state index in [2.05, 4.69) is 10.6 Å². The molecule has 0 aliphatic carbocycles. The van der Waals surface area contributed by atoms with Gasteiger partial charge in [-0.3, -0.25) is 9.59 Å². The molecule has 1 aliphatic rings. The lowest BCUT2D eigenvalue weighted by Crippen LogP contribution is -2.41. The first-order chi connectivity index (χ1) is 11.3. The Bertz CT molecular complexity index is 665. The zero-order valence-corrected chi connectivity index (χ0v) is 14.8. The molecule has 1 aliphatic heterocycles. The molecule has 2 amide bonds. The van der Waals surface area contributed by atoms with Crippen LogP contribution < -0.4 is 10.6 Å². The van der Waals surface area contributed by atoms with Crippen molar-refractivity contribution in [2.24, 2.45) is 0 Å². The summed E-state index contributed by atoms with van der Waals surface area (Å²) in [6, 6.07) is 3.93. The van der Waals surface area contributed by atoms with Gasteiger partial charge < -0.3 is 15.4 Å². The number of carbonyl (C=O) groups excluding carboxylic acids is 3. The van der Waals surface area contributed by atoms with Gasteiger partial charge in [0.1, 0.15) is 6.04 Å². The normalized spacial score (nSPS) is 19.3. The van der Waals surface area contributed by atoms with Crippen LogP contribution in [0, 0.1) is 0 Å². The van der Waals surface area contributed by atoms with Gasteiger partial charge in [-0.1, -0.05) is 29.3 Å². The highest BCUT2D eigenvalue weighted by molar-refractivity contribution is 6.35. The summed E-state index contributed by atoms with van der Waals surface area (Å²) >= 11 is 12.0. The molecular weight excluding hydrogens is 355 g/mol. The molecule has 8 heteroatoms. The molecule has 0 unspecified atom stereocenters. The van der Waals surface area contributed by atoms with E-state index in [9.17, 15) is 14.4 Å². The first kappa shape index (κ1) is 18.5. The molecule has 0 aromatic heterocycles. The van der Waals surface area contributed by atoms with Gasteiger partial charge in [-0.2, -0.15) is 0 Å². The Morgan fingerprint density at radius 1 is 1.33 bits per heavy atom. The third-order valence-corrected chi connectivity index (χ3v) is 4.29. The summed E-state index contributed by atoms with van der Waals surface area (Å²) in [4.78, 5) is 35.2. The lowest BCUT2D eigenvalue weighted by atomic mass is 10.1. The minimum atomic E-state index is -0.983. The van der Waals surface area contributed by atoms with Crippen molar-refractivity contribution >= 4 is 41.0 Å². The van der Waals surface area contributed by atoms with Crippen LogP contribution in [0.25, 0.3) is 0 Å². The summed E-state index contributed by atoms with van der Waals surface area (Å²) in [7, 11) is 0. The number of nitrogens with one attached hydrogen (secondary N) is 2. The van der Waals surface area contributed by atoms with Gasteiger partial charge in [0.05, 0.1) is 6.04 Å². The third-order valence-electron chi connectivity index (χ3n) is 3.73. The van der Waals surface area contributed by atoms with Crippen LogP contribution >= 0.6 is 23.2 Å². The SMILES string of the molecule is C[C@H](OC(=O)[C@@H]1CCC(=O)N1)C(=O)N[C@@H](C)c1ccc(Cl)cc1Cl. The summed E-state index contributed by atoms with van der Waals surface area (Å²) < 4.78 is 5.11. The summed E-state index contributed by atoms with van der Waals surface area (Å²) in [5, 5.41) is 6.17. The highest BCUT2D eigenvalue weighted by atomic mass is 35.5. The molecule has 6 nitrogen and oxygen atoms in total. The van der Waals surface area contributed by atoms with Crippen molar-refractivity contribution < 1.29 is 19.1 Å². The predicted octanol–water partition coefficient (Wildman–Crippen LogP) is 2.38. The van der Waals surface area contributed by atoms with Gasteiger partial charge in [-0.05, 0) is 38.0 Å². The van der Waals surface area contributed by atoms with Gasteiger partial charge in [0.2, 0.25) is 5.91 Å². The van der Waals surface area contributed by atoms with Crippen molar-refractivity contribution in [3.8, 4) is 0 Å².